The van der Waals surface area contributed by atoms with E-state index in [1.54, 1.807) is 0 Å². The maximum atomic E-state index is 12.2. The summed E-state index contributed by atoms with van der Waals surface area (Å²) in [6, 6.07) is 0. The van der Waals surface area contributed by atoms with Gasteiger partial charge in [0.25, 0.3) is 0 Å². The van der Waals surface area contributed by atoms with E-state index in [1.807, 2.05) is 0 Å². The van der Waals surface area contributed by atoms with Gasteiger partial charge in [-0.3, -0.25) is 0 Å². The van der Waals surface area contributed by atoms with Crippen LogP contribution >= 0.6 is 0 Å². The third kappa shape index (κ3) is 1.05. The van der Waals surface area contributed by atoms with Crippen molar-refractivity contribution in [3.05, 3.63) is 11.9 Å². The lowest BCUT2D eigenvalue weighted by molar-refractivity contribution is -0.320. The van der Waals surface area contributed by atoms with Gasteiger partial charge in [-0.1, -0.05) is 0 Å². The van der Waals surface area contributed by atoms with Crippen LogP contribution in [0.1, 0.15) is 0 Å². The van der Waals surface area contributed by atoms with Crippen molar-refractivity contribution < 1.29 is 35.1 Å². The summed E-state index contributed by atoms with van der Waals surface area (Å²) in [6.45, 7) is 0. The molecule has 0 N–H and O–H groups in total. The highest BCUT2D eigenvalue weighted by Crippen LogP contribution is 2.54. The third-order valence-corrected chi connectivity index (χ3v) is 1.75. The molecule has 0 aromatic carbocycles. The van der Waals surface area contributed by atoms with Gasteiger partial charge in [0.15, 0.2) is 12.0 Å². The average molecular weight is 226 g/mol. The third-order valence-electron chi connectivity index (χ3n) is 1.75. The highest BCUT2D eigenvalue weighted by Gasteiger charge is 2.78. The van der Waals surface area contributed by atoms with E-state index in [1.165, 1.54) is 0 Å². The molecule has 82 valence electrons. The Morgan fingerprint density at radius 1 is 1.00 bits per heavy atom. The van der Waals surface area contributed by atoms with Gasteiger partial charge < -0.3 is 0 Å². The Labute approximate surface area is 72.2 Å². The van der Waals surface area contributed by atoms with Gasteiger partial charge in [0.1, 0.15) is 0 Å². The Hall–Kier alpha value is -0.820. The van der Waals surface area contributed by atoms with Crippen LogP contribution in [0.3, 0.4) is 0 Å². The Morgan fingerprint density at radius 2 is 1.43 bits per heavy atom. The van der Waals surface area contributed by atoms with E-state index in [0.717, 1.165) is 0 Å². The van der Waals surface area contributed by atoms with Gasteiger partial charge in [-0.2, -0.15) is 26.3 Å². The molecule has 1 atom stereocenters. The van der Waals surface area contributed by atoms with Crippen LogP contribution in [0.4, 0.5) is 35.1 Å². The molecule has 0 heterocycles. The first-order valence-corrected chi connectivity index (χ1v) is 3.20. The van der Waals surface area contributed by atoms with E-state index < -0.39 is 35.8 Å². The van der Waals surface area contributed by atoms with Crippen LogP contribution in [-0.2, 0) is 0 Å². The first kappa shape index (κ1) is 11.3. The van der Waals surface area contributed by atoms with Crippen molar-refractivity contribution in [1.29, 1.82) is 0 Å². The zero-order chi connectivity index (χ0) is 11.4. The van der Waals surface area contributed by atoms with Gasteiger partial charge in [-0.15, -0.1) is 0 Å². The number of alkyl halides is 7. The molecule has 0 spiro atoms. The summed E-state index contributed by atoms with van der Waals surface area (Å²) in [5.41, 5.74) is 0. The molecule has 0 saturated carbocycles. The summed E-state index contributed by atoms with van der Waals surface area (Å²) in [7, 11) is 0. The van der Waals surface area contributed by atoms with E-state index in [4.69, 9.17) is 0 Å². The van der Waals surface area contributed by atoms with Crippen LogP contribution in [0.5, 0.6) is 0 Å². The fourth-order valence-corrected chi connectivity index (χ4v) is 0.870. The number of halogens is 8. The monoisotopic (exact) mass is 226 g/mol. The molecule has 0 nitrogen and oxygen atoms in total. The van der Waals surface area contributed by atoms with Crippen molar-refractivity contribution in [1.82, 2.24) is 0 Å². The second-order valence-electron chi connectivity index (χ2n) is 2.69. The SMILES string of the molecule is FC1=CC(F)C(F)(F)C(F)(F)C1(F)F. The Balaban J connectivity index is 3.35. The van der Waals surface area contributed by atoms with Crippen LogP contribution in [0.15, 0.2) is 11.9 Å². The van der Waals surface area contributed by atoms with Gasteiger partial charge in [-0.25, -0.2) is 8.78 Å². The molecule has 0 aromatic heterocycles. The molecule has 0 bridgehead atoms. The Bertz CT molecular complexity index is 278. The average Bonchev–Trinajstić information content (AvgIpc) is 2.01. The molecular formula is C6H2F8. The Kier molecular flexibility index (Phi) is 2.09. The smallest absolute Gasteiger partial charge is 0.236 e. The second-order valence-corrected chi connectivity index (χ2v) is 2.69. The largest absolute Gasteiger partial charge is 0.382 e. The van der Waals surface area contributed by atoms with Gasteiger partial charge in [0.05, 0.1) is 0 Å². The molecule has 14 heavy (non-hydrogen) atoms. The zero-order valence-electron chi connectivity index (χ0n) is 6.18. The van der Waals surface area contributed by atoms with E-state index in [0.29, 0.717) is 0 Å². The Morgan fingerprint density at radius 3 is 1.86 bits per heavy atom. The topological polar surface area (TPSA) is 0 Å². The molecule has 0 radical (unpaired) electrons. The lowest BCUT2D eigenvalue weighted by Crippen LogP contribution is -2.61. The molecule has 8 heteroatoms. The summed E-state index contributed by atoms with van der Waals surface area (Å²) >= 11 is 0. The van der Waals surface area contributed by atoms with Gasteiger partial charge in [-0.05, 0) is 6.08 Å². The van der Waals surface area contributed by atoms with Crippen molar-refractivity contribution in [2.24, 2.45) is 0 Å². The molecular weight excluding hydrogens is 224 g/mol. The first-order chi connectivity index (χ1) is 6.05. The van der Waals surface area contributed by atoms with E-state index in [-0.39, 0.29) is 0 Å². The molecule has 1 unspecified atom stereocenters. The molecule has 1 aliphatic carbocycles. The number of hydrogen-bond donors (Lipinski definition) is 0. The first-order valence-electron chi connectivity index (χ1n) is 3.20. The molecule has 1 rings (SSSR count). The molecule has 0 aliphatic heterocycles. The highest BCUT2D eigenvalue weighted by molar-refractivity contribution is 5.24. The van der Waals surface area contributed by atoms with Crippen molar-refractivity contribution in [3.63, 3.8) is 0 Å². The van der Waals surface area contributed by atoms with Crippen LogP contribution in [0.2, 0.25) is 0 Å². The molecule has 0 amide bonds. The van der Waals surface area contributed by atoms with Gasteiger partial charge >= 0.3 is 17.8 Å². The predicted molar refractivity (Wildman–Crippen MR) is 28.9 cm³/mol. The minimum Gasteiger partial charge on any atom is -0.236 e. The molecule has 0 fully saturated rings. The number of allylic oxidation sites excluding steroid dienone is 2. The van der Waals surface area contributed by atoms with Crippen LogP contribution < -0.4 is 0 Å². The minimum absolute atomic E-state index is 0.850. The van der Waals surface area contributed by atoms with Crippen molar-refractivity contribution in [2.75, 3.05) is 0 Å². The molecule has 0 saturated heterocycles. The van der Waals surface area contributed by atoms with E-state index in [9.17, 15) is 35.1 Å². The van der Waals surface area contributed by atoms with E-state index in [2.05, 4.69) is 0 Å². The van der Waals surface area contributed by atoms with Gasteiger partial charge in [0, 0.05) is 0 Å². The van der Waals surface area contributed by atoms with Crippen molar-refractivity contribution in [3.8, 4) is 0 Å². The van der Waals surface area contributed by atoms with Crippen molar-refractivity contribution in [2.45, 2.75) is 23.9 Å². The van der Waals surface area contributed by atoms with E-state index >= 15 is 0 Å². The van der Waals surface area contributed by atoms with Crippen LogP contribution in [0.25, 0.3) is 0 Å². The summed E-state index contributed by atoms with van der Waals surface area (Å²) in [5.74, 6) is -20.3. The highest BCUT2D eigenvalue weighted by atomic mass is 19.4. The van der Waals surface area contributed by atoms with Crippen molar-refractivity contribution >= 4 is 0 Å². The lowest BCUT2D eigenvalue weighted by atomic mass is 9.93. The maximum Gasteiger partial charge on any atom is 0.382 e. The zero-order valence-corrected chi connectivity index (χ0v) is 6.18. The predicted octanol–water partition coefficient (Wildman–Crippen LogP) is 3.10. The summed E-state index contributed by atoms with van der Waals surface area (Å²) in [4.78, 5) is 0. The van der Waals surface area contributed by atoms with Crippen LogP contribution in [0, 0.1) is 0 Å². The molecule has 1 aliphatic rings. The quantitative estimate of drug-likeness (QED) is 0.556. The summed E-state index contributed by atoms with van der Waals surface area (Å²) in [6.07, 6.45) is -4.62. The lowest BCUT2D eigenvalue weighted by Gasteiger charge is -2.36. The standard InChI is InChI=1S/C6H2F8/c7-2-1-3(8)5(11,12)6(13,14)4(2,9)10/h1-2H. The van der Waals surface area contributed by atoms with Crippen LogP contribution in [-0.4, -0.2) is 23.9 Å². The van der Waals surface area contributed by atoms with Gasteiger partial charge in [0.2, 0.25) is 0 Å². The fraction of sp³-hybridized carbons (Fsp3) is 0.667. The fourth-order valence-electron chi connectivity index (χ4n) is 0.870. The summed E-state index contributed by atoms with van der Waals surface area (Å²) < 4.78 is 97.6. The maximum absolute atomic E-state index is 12.2. The number of rotatable bonds is 0. The minimum atomic E-state index is -6.07. The second kappa shape index (κ2) is 2.60. The number of hydrogen-bond acceptors (Lipinski definition) is 0. The normalized spacial score (nSPS) is 33.7. The molecule has 0 aromatic rings. The summed E-state index contributed by atoms with van der Waals surface area (Å²) in [5, 5.41) is 0.